The third kappa shape index (κ3) is 3.69. The Bertz CT molecular complexity index is 1510. The van der Waals surface area contributed by atoms with Crippen LogP contribution in [-0.2, 0) is 5.54 Å². The molecule has 1 saturated carbocycles. The van der Waals surface area contributed by atoms with Crippen LogP contribution < -0.4 is 5.32 Å². The monoisotopic (exact) mass is 463 g/mol. The van der Waals surface area contributed by atoms with Gasteiger partial charge in [-0.1, -0.05) is 54.6 Å². The molecule has 0 radical (unpaired) electrons. The lowest BCUT2D eigenvalue weighted by atomic mass is 9.72. The van der Waals surface area contributed by atoms with Crippen molar-refractivity contribution in [3.05, 3.63) is 85.1 Å². The van der Waals surface area contributed by atoms with Crippen molar-refractivity contribution in [1.82, 2.24) is 25.3 Å². The highest BCUT2D eigenvalue weighted by atomic mass is 16.4. The number of aromatic nitrogens is 4. The van der Waals surface area contributed by atoms with E-state index in [4.69, 9.17) is 9.40 Å². The van der Waals surface area contributed by atoms with E-state index >= 15 is 0 Å². The molecule has 1 fully saturated rings. The summed E-state index contributed by atoms with van der Waals surface area (Å²) in [5.74, 6) is 0.660. The second-order valence-electron chi connectivity index (χ2n) is 8.65. The molecule has 1 amide bonds. The van der Waals surface area contributed by atoms with Crippen molar-refractivity contribution in [3.8, 4) is 33.7 Å². The molecule has 0 bridgehead atoms. The van der Waals surface area contributed by atoms with Crippen LogP contribution in [0.2, 0.25) is 0 Å². The molecule has 0 atom stereocenters. The highest BCUT2D eigenvalue weighted by Gasteiger charge is 2.40. The van der Waals surface area contributed by atoms with Gasteiger partial charge in [-0.05, 0) is 30.4 Å². The summed E-state index contributed by atoms with van der Waals surface area (Å²) in [5.41, 5.74) is 5.62. The van der Waals surface area contributed by atoms with Gasteiger partial charge >= 0.3 is 6.09 Å². The number of carbonyl (C=O) groups is 1. The van der Waals surface area contributed by atoms with Crippen LogP contribution in [0, 0.1) is 0 Å². The molecular formula is C27H21N5O3. The minimum Gasteiger partial charge on any atom is -0.465 e. The smallest absolute Gasteiger partial charge is 0.405 e. The molecule has 2 aromatic carbocycles. The molecule has 0 saturated heterocycles. The van der Waals surface area contributed by atoms with Gasteiger partial charge in [-0.15, -0.1) is 0 Å². The van der Waals surface area contributed by atoms with Crippen LogP contribution in [-0.4, -0.2) is 31.1 Å². The molecule has 1 aliphatic rings. The summed E-state index contributed by atoms with van der Waals surface area (Å²) in [7, 11) is 0. The third-order valence-corrected chi connectivity index (χ3v) is 6.57. The van der Waals surface area contributed by atoms with Gasteiger partial charge in [-0.2, -0.15) is 0 Å². The van der Waals surface area contributed by atoms with Gasteiger partial charge in [0.2, 0.25) is 5.71 Å². The Morgan fingerprint density at radius 1 is 0.914 bits per heavy atom. The van der Waals surface area contributed by atoms with Crippen molar-refractivity contribution in [3.63, 3.8) is 0 Å². The van der Waals surface area contributed by atoms with E-state index in [2.05, 4.69) is 20.3 Å². The lowest BCUT2D eigenvalue weighted by molar-refractivity contribution is 0.144. The quantitative estimate of drug-likeness (QED) is 0.346. The number of nitrogens with zero attached hydrogens (tertiary/aromatic N) is 4. The second-order valence-corrected chi connectivity index (χ2v) is 8.65. The molecule has 2 N–H and O–H groups in total. The number of benzene rings is 2. The van der Waals surface area contributed by atoms with E-state index in [-0.39, 0.29) is 0 Å². The van der Waals surface area contributed by atoms with Crippen molar-refractivity contribution in [2.75, 3.05) is 0 Å². The van der Waals surface area contributed by atoms with Crippen LogP contribution in [0.1, 0.15) is 24.8 Å². The molecule has 0 spiro atoms. The van der Waals surface area contributed by atoms with Crippen molar-refractivity contribution < 1.29 is 14.3 Å². The standard InChI is InChI=1S/C27H21N5O3/c33-26(34)32-27(11-4-12-27)20-9-7-18(8-10-20)24-22(17-5-2-1-3-6-17)23-25(35-24)30-15-21(31-23)19-13-28-16-29-14-19/h1-3,5-10,13-16,32H,4,11-12H2,(H,33,34). The number of carboxylic acid groups (broad SMARTS) is 1. The minimum atomic E-state index is -1.01. The van der Waals surface area contributed by atoms with Crippen molar-refractivity contribution in [2.24, 2.45) is 0 Å². The first-order chi connectivity index (χ1) is 17.1. The SMILES string of the molecule is O=C(O)NC1(c2ccc(-c3oc4ncc(-c5cncnc5)nc4c3-c3ccccc3)cc2)CCC1. The number of furan rings is 1. The lowest BCUT2D eigenvalue weighted by Gasteiger charge is -2.42. The zero-order chi connectivity index (χ0) is 23.8. The molecule has 8 nitrogen and oxygen atoms in total. The van der Waals surface area contributed by atoms with Crippen molar-refractivity contribution >= 4 is 17.3 Å². The maximum absolute atomic E-state index is 11.4. The topological polar surface area (TPSA) is 114 Å². The summed E-state index contributed by atoms with van der Waals surface area (Å²) in [6, 6.07) is 17.8. The van der Waals surface area contributed by atoms with Gasteiger partial charge in [0.05, 0.1) is 23.0 Å². The van der Waals surface area contributed by atoms with Gasteiger partial charge in [0.1, 0.15) is 17.6 Å². The van der Waals surface area contributed by atoms with Gasteiger partial charge in [0.15, 0.2) is 0 Å². The minimum absolute atomic E-state index is 0.437. The van der Waals surface area contributed by atoms with Crippen LogP contribution in [0.3, 0.4) is 0 Å². The summed E-state index contributed by atoms with van der Waals surface area (Å²) in [6.45, 7) is 0. The van der Waals surface area contributed by atoms with Gasteiger partial charge in [-0.25, -0.2) is 24.7 Å². The Balaban J connectivity index is 1.48. The fraction of sp³-hybridized carbons (Fsp3) is 0.148. The molecule has 5 aromatic rings. The number of nitrogens with one attached hydrogen (secondary N) is 1. The van der Waals surface area contributed by atoms with Crippen LogP contribution >= 0.6 is 0 Å². The molecule has 1 aliphatic carbocycles. The molecule has 0 aliphatic heterocycles. The molecular weight excluding hydrogens is 442 g/mol. The fourth-order valence-corrected chi connectivity index (χ4v) is 4.68. The summed E-state index contributed by atoms with van der Waals surface area (Å²) >= 11 is 0. The summed E-state index contributed by atoms with van der Waals surface area (Å²) in [5, 5.41) is 12.0. The molecule has 3 heterocycles. The molecule has 3 aromatic heterocycles. The molecule has 8 heteroatoms. The van der Waals surface area contributed by atoms with E-state index in [1.54, 1.807) is 18.6 Å². The van der Waals surface area contributed by atoms with Crippen molar-refractivity contribution in [2.45, 2.75) is 24.8 Å². The van der Waals surface area contributed by atoms with Gasteiger partial charge in [0, 0.05) is 23.5 Å². The first-order valence-electron chi connectivity index (χ1n) is 11.4. The number of fused-ring (bicyclic) bond motifs is 1. The Hall–Kier alpha value is -4.59. The average Bonchev–Trinajstić information content (AvgIpc) is 3.26. The van der Waals surface area contributed by atoms with E-state index in [9.17, 15) is 9.90 Å². The summed E-state index contributed by atoms with van der Waals surface area (Å²) in [6.07, 6.45) is 8.11. The van der Waals surface area contributed by atoms with E-state index in [1.807, 2.05) is 54.6 Å². The van der Waals surface area contributed by atoms with Crippen LogP contribution in [0.15, 0.2) is 83.9 Å². The lowest BCUT2D eigenvalue weighted by Crippen LogP contribution is -2.50. The predicted octanol–water partition coefficient (Wildman–Crippen LogP) is 5.66. The number of rotatable bonds is 5. The maximum atomic E-state index is 11.4. The van der Waals surface area contributed by atoms with Gasteiger partial charge < -0.3 is 14.8 Å². The van der Waals surface area contributed by atoms with Crippen LogP contribution in [0.5, 0.6) is 0 Å². The zero-order valence-electron chi connectivity index (χ0n) is 18.7. The second kappa shape index (κ2) is 8.32. The Labute approximate surface area is 200 Å². The van der Waals surface area contributed by atoms with Crippen molar-refractivity contribution in [1.29, 1.82) is 0 Å². The molecule has 35 heavy (non-hydrogen) atoms. The summed E-state index contributed by atoms with van der Waals surface area (Å²) in [4.78, 5) is 28.9. The normalized spacial score (nSPS) is 14.4. The van der Waals surface area contributed by atoms with E-state index < -0.39 is 11.6 Å². The predicted molar refractivity (Wildman–Crippen MR) is 130 cm³/mol. The first kappa shape index (κ1) is 21.0. The number of amides is 1. The Morgan fingerprint density at radius 3 is 2.31 bits per heavy atom. The highest BCUT2D eigenvalue weighted by molar-refractivity contribution is 5.98. The number of hydrogen-bond acceptors (Lipinski definition) is 6. The third-order valence-electron chi connectivity index (χ3n) is 6.57. The summed E-state index contributed by atoms with van der Waals surface area (Å²) < 4.78 is 6.25. The van der Waals surface area contributed by atoms with E-state index in [1.165, 1.54) is 6.33 Å². The van der Waals surface area contributed by atoms with E-state index in [0.29, 0.717) is 22.7 Å². The first-order valence-corrected chi connectivity index (χ1v) is 11.4. The largest absolute Gasteiger partial charge is 0.465 e. The molecule has 0 unspecified atom stereocenters. The van der Waals surface area contributed by atoms with Gasteiger partial charge in [0.25, 0.3) is 0 Å². The average molecular weight is 463 g/mol. The maximum Gasteiger partial charge on any atom is 0.405 e. The Kier molecular flexibility index (Phi) is 4.99. The molecule has 6 rings (SSSR count). The number of hydrogen-bond donors (Lipinski definition) is 2. The zero-order valence-corrected chi connectivity index (χ0v) is 18.7. The Morgan fingerprint density at radius 2 is 1.66 bits per heavy atom. The fourth-order valence-electron chi connectivity index (χ4n) is 4.68. The highest BCUT2D eigenvalue weighted by Crippen LogP contribution is 2.43. The molecule has 172 valence electrons. The van der Waals surface area contributed by atoms with Crippen LogP contribution in [0.25, 0.3) is 44.9 Å². The van der Waals surface area contributed by atoms with Gasteiger partial charge in [-0.3, -0.25) is 0 Å². The van der Waals surface area contributed by atoms with Crippen LogP contribution in [0.4, 0.5) is 4.79 Å². The van der Waals surface area contributed by atoms with E-state index in [0.717, 1.165) is 47.1 Å².